The maximum atomic E-state index is 5.49. The first kappa shape index (κ1) is 19.1. The van der Waals surface area contributed by atoms with Gasteiger partial charge in [0.2, 0.25) is 0 Å². The summed E-state index contributed by atoms with van der Waals surface area (Å²) in [5.41, 5.74) is 6.37. The fraction of sp³-hybridized carbons (Fsp3) is 0.174. The summed E-state index contributed by atoms with van der Waals surface area (Å²) < 4.78 is 1.81. The number of hydrogen-bond acceptors (Lipinski definition) is 3. The highest BCUT2D eigenvalue weighted by atomic mass is 32.1. The Labute approximate surface area is 175 Å². The van der Waals surface area contributed by atoms with Gasteiger partial charge in [0, 0.05) is 17.1 Å². The molecule has 0 fully saturated rings. The summed E-state index contributed by atoms with van der Waals surface area (Å²) in [7, 11) is 0. The highest BCUT2D eigenvalue weighted by Gasteiger charge is 2.13. The molecule has 2 N–H and O–H groups in total. The second-order valence-corrected chi connectivity index (χ2v) is 7.71. The molecule has 2 aromatic carbocycles. The van der Waals surface area contributed by atoms with Crippen LogP contribution in [0.5, 0.6) is 0 Å². The van der Waals surface area contributed by atoms with E-state index in [2.05, 4.69) is 54.7 Å². The van der Waals surface area contributed by atoms with Crippen LogP contribution in [0.3, 0.4) is 0 Å². The lowest BCUT2D eigenvalue weighted by molar-refractivity contribution is 0.844. The van der Waals surface area contributed by atoms with Crippen LogP contribution in [0.25, 0.3) is 16.7 Å². The summed E-state index contributed by atoms with van der Waals surface area (Å²) in [5.74, 6) is 1.53. The molecule has 0 aliphatic carbocycles. The van der Waals surface area contributed by atoms with Crippen LogP contribution >= 0.6 is 12.2 Å². The number of para-hydroxylation sites is 1. The Hall–Kier alpha value is -3.25. The zero-order valence-electron chi connectivity index (χ0n) is 16.9. The number of thiocarbonyl (C=S) groups is 1. The summed E-state index contributed by atoms with van der Waals surface area (Å²) in [4.78, 5) is 4.91. The number of fused-ring (bicyclic) bond motifs is 1. The summed E-state index contributed by atoms with van der Waals surface area (Å²) in [6.45, 7) is 8.27. The molecule has 0 unspecified atom stereocenters. The van der Waals surface area contributed by atoms with Crippen molar-refractivity contribution in [1.29, 1.82) is 0 Å². The van der Waals surface area contributed by atoms with E-state index in [-0.39, 0.29) is 0 Å². The van der Waals surface area contributed by atoms with Crippen LogP contribution in [-0.4, -0.2) is 19.9 Å². The normalized spacial score (nSPS) is 10.9. The maximum Gasteiger partial charge on any atom is 0.176 e. The quantitative estimate of drug-likeness (QED) is 0.446. The fourth-order valence-electron chi connectivity index (χ4n) is 3.50. The van der Waals surface area contributed by atoms with E-state index in [1.54, 1.807) is 4.68 Å². The predicted octanol–water partition coefficient (Wildman–Crippen LogP) is 5.46. The number of hydrogen-bond donors (Lipinski definition) is 2. The first-order valence-corrected chi connectivity index (χ1v) is 9.90. The van der Waals surface area contributed by atoms with Gasteiger partial charge in [-0.1, -0.05) is 29.8 Å². The van der Waals surface area contributed by atoms with E-state index in [0.29, 0.717) is 5.11 Å². The molecular formula is C23H23N5S. The highest BCUT2D eigenvalue weighted by Crippen LogP contribution is 2.26. The van der Waals surface area contributed by atoms with Gasteiger partial charge in [0.15, 0.2) is 10.9 Å². The van der Waals surface area contributed by atoms with Crippen LogP contribution in [0.2, 0.25) is 0 Å². The molecule has 0 aliphatic rings. The minimum Gasteiger partial charge on any atom is -0.332 e. The van der Waals surface area contributed by atoms with E-state index in [0.717, 1.165) is 34.1 Å². The molecule has 0 saturated carbocycles. The van der Waals surface area contributed by atoms with E-state index >= 15 is 0 Å². The Balaban J connectivity index is 1.70. The second kappa shape index (κ2) is 7.64. The van der Waals surface area contributed by atoms with Crippen LogP contribution < -0.4 is 10.6 Å². The Morgan fingerprint density at radius 3 is 2.41 bits per heavy atom. The van der Waals surface area contributed by atoms with Crippen LogP contribution in [0, 0.1) is 27.7 Å². The summed E-state index contributed by atoms with van der Waals surface area (Å²) in [6, 6.07) is 18.2. The number of nitrogens with zero attached hydrogens (tertiary/aromatic N) is 3. The Morgan fingerprint density at radius 1 is 0.897 bits per heavy atom. The minimum absolute atomic E-state index is 0.502. The van der Waals surface area contributed by atoms with Crippen LogP contribution in [0.15, 0.2) is 54.6 Å². The van der Waals surface area contributed by atoms with E-state index in [9.17, 15) is 0 Å². The largest absolute Gasteiger partial charge is 0.332 e. The van der Waals surface area contributed by atoms with Gasteiger partial charge in [-0.2, -0.15) is 9.78 Å². The van der Waals surface area contributed by atoms with E-state index in [1.807, 2.05) is 43.3 Å². The molecule has 6 heteroatoms. The molecule has 29 heavy (non-hydrogen) atoms. The van der Waals surface area contributed by atoms with E-state index in [4.69, 9.17) is 17.2 Å². The van der Waals surface area contributed by atoms with Gasteiger partial charge in [0.1, 0.15) is 5.82 Å². The van der Waals surface area contributed by atoms with Gasteiger partial charge in [-0.05, 0) is 75.3 Å². The number of aryl methyl sites for hydroxylation is 4. The van der Waals surface area contributed by atoms with Gasteiger partial charge < -0.3 is 10.6 Å². The lowest BCUT2D eigenvalue weighted by Crippen LogP contribution is -2.21. The number of rotatable bonds is 3. The number of aromatic nitrogens is 3. The van der Waals surface area contributed by atoms with Crippen LogP contribution in [-0.2, 0) is 0 Å². The SMILES string of the molecule is Cc1cc(C)c2nc(-n3nc(C)cc3NC(=S)Nc3ccccc3)cc(C)c2c1. The molecule has 0 spiro atoms. The summed E-state index contributed by atoms with van der Waals surface area (Å²) in [5, 5.41) is 12.8. The zero-order chi connectivity index (χ0) is 20.5. The van der Waals surface area contributed by atoms with Crippen molar-refractivity contribution in [3.63, 3.8) is 0 Å². The van der Waals surface area contributed by atoms with E-state index < -0.39 is 0 Å². The first-order chi connectivity index (χ1) is 13.9. The minimum atomic E-state index is 0.502. The van der Waals surface area contributed by atoms with Crippen LogP contribution in [0.1, 0.15) is 22.4 Å². The topological polar surface area (TPSA) is 54.8 Å². The van der Waals surface area contributed by atoms with E-state index in [1.165, 1.54) is 16.5 Å². The molecule has 2 heterocycles. The van der Waals surface area contributed by atoms with Crippen molar-refractivity contribution in [2.75, 3.05) is 10.6 Å². The molecule has 0 saturated heterocycles. The van der Waals surface area contributed by atoms with Gasteiger partial charge in [-0.3, -0.25) is 0 Å². The van der Waals surface area contributed by atoms with Crippen molar-refractivity contribution in [1.82, 2.24) is 14.8 Å². The molecule has 4 rings (SSSR count). The molecule has 0 aliphatic heterocycles. The second-order valence-electron chi connectivity index (χ2n) is 7.30. The third-order valence-electron chi connectivity index (χ3n) is 4.76. The lowest BCUT2D eigenvalue weighted by atomic mass is 10.0. The van der Waals surface area contributed by atoms with Crippen molar-refractivity contribution < 1.29 is 0 Å². The van der Waals surface area contributed by atoms with Crippen molar-refractivity contribution >= 4 is 39.7 Å². The molecule has 0 radical (unpaired) electrons. The molecule has 0 atom stereocenters. The number of nitrogens with one attached hydrogen (secondary N) is 2. The standard InChI is InChI=1S/C23H23N5S/c1-14-10-16(3)22-19(11-14)15(2)12-20(25-22)28-21(13-17(4)27-28)26-23(29)24-18-8-6-5-7-9-18/h5-13H,1-4H3,(H2,24,26,29). The number of benzene rings is 2. The number of anilines is 2. The highest BCUT2D eigenvalue weighted by molar-refractivity contribution is 7.80. The Bertz CT molecular complexity index is 1210. The average Bonchev–Trinajstić information content (AvgIpc) is 3.03. The number of pyridine rings is 1. The third-order valence-corrected chi connectivity index (χ3v) is 4.97. The van der Waals surface area contributed by atoms with Gasteiger partial charge in [-0.25, -0.2) is 4.98 Å². The van der Waals surface area contributed by atoms with Crippen molar-refractivity contribution in [2.45, 2.75) is 27.7 Å². The molecule has 4 aromatic rings. The van der Waals surface area contributed by atoms with Gasteiger partial charge in [0.05, 0.1) is 11.2 Å². The zero-order valence-corrected chi connectivity index (χ0v) is 17.8. The Kier molecular flexibility index (Phi) is 5.03. The van der Waals surface area contributed by atoms with Crippen LogP contribution in [0.4, 0.5) is 11.5 Å². The monoisotopic (exact) mass is 401 g/mol. The van der Waals surface area contributed by atoms with Crippen molar-refractivity contribution in [3.05, 3.63) is 77.0 Å². The van der Waals surface area contributed by atoms with Crippen molar-refractivity contribution in [2.24, 2.45) is 0 Å². The van der Waals surface area contributed by atoms with Gasteiger partial charge in [0.25, 0.3) is 0 Å². The first-order valence-electron chi connectivity index (χ1n) is 9.49. The summed E-state index contributed by atoms with van der Waals surface area (Å²) in [6.07, 6.45) is 0. The molecule has 5 nitrogen and oxygen atoms in total. The summed E-state index contributed by atoms with van der Waals surface area (Å²) >= 11 is 5.49. The molecule has 0 bridgehead atoms. The lowest BCUT2D eigenvalue weighted by Gasteiger charge is -2.14. The fourth-order valence-corrected chi connectivity index (χ4v) is 3.72. The molecular weight excluding hydrogens is 378 g/mol. The van der Waals surface area contributed by atoms with Gasteiger partial charge >= 0.3 is 0 Å². The third kappa shape index (κ3) is 3.98. The molecule has 146 valence electrons. The van der Waals surface area contributed by atoms with Crippen molar-refractivity contribution in [3.8, 4) is 5.82 Å². The molecule has 2 aromatic heterocycles. The predicted molar refractivity (Wildman–Crippen MR) is 124 cm³/mol. The average molecular weight is 402 g/mol. The van der Waals surface area contributed by atoms with Gasteiger partial charge in [-0.15, -0.1) is 0 Å². The smallest absolute Gasteiger partial charge is 0.176 e. The maximum absolute atomic E-state index is 5.49. The molecule has 0 amide bonds. The Morgan fingerprint density at radius 2 is 1.66 bits per heavy atom.